The summed E-state index contributed by atoms with van der Waals surface area (Å²) in [5.74, 6) is -0.357. The number of ether oxygens (including phenoxy) is 1. The largest absolute Gasteiger partial charge is 0.435 e. The molecule has 0 saturated carbocycles. The van der Waals surface area contributed by atoms with Crippen molar-refractivity contribution in [1.29, 1.82) is 0 Å². The lowest BCUT2D eigenvalue weighted by molar-refractivity contribution is -0.0498. The fraction of sp³-hybridized carbons (Fsp3) is 0.133. The first-order valence-electron chi connectivity index (χ1n) is 6.08. The molecule has 0 fully saturated rings. The smallest absolute Gasteiger partial charge is 0.387 e. The number of carbonyl (C=O) groups is 1. The molecule has 3 nitrogen and oxygen atoms in total. The van der Waals surface area contributed by atoms with Crippen LogP contribution in [0.3, 0.4) is 0 Å². The quantitative estimate of drug-likeness (QED) is 0.902. The first kappa shape index (κ1) is 15.3. The van der Waals surface area contributed by atoms with Crippen LogP contribution in [0.25, 0.3) is 0 Å². The van der Waals surface area contributed by atoms with E-state index in [1.165, 1.54) is 24.3 Å². The van der Waals surface area contributed by atoms with Gasteiger partial charge in [0, 0.05) is 16.3 Å². The Balaban J connectivity index is 2.11. The molecule has 2 rings (SSSR count). The van der Waals surface area contributed by atoms with Crippen molar-refractivity contribution in [2.75, 3.05) is 5.32 Å². The Morgan fingerprint density at radius 3 is 2.48 bits per heavy atom. The second-order valence-corrected chi connectivity index (χ2v) is 4.75. The Hall–Kier alpha value is -2.14. The lowest BCUT2D eigenvalue weighted by atomic mass is 10.1. The third-order valence-electron chi connectivity index (χ3n) is 2.79. The standard InChI is InChI=1S/C15H12ClF2NO2/c1-9-2-5-11(16)8-13(9)19-14(20)10-3-6-12(7-4-10)21-15(17)18/h2-8,15H,1H3,(H,19,20). The molecule has 0 aliphatic rings. The van der Waals surface area contributed by atoms with E-state index in [2.05, 4.69) is 10.1 Å². The van der Waals surface area contributed by atoms with Crippen molar-refractivity contribution in [2.24, 2.45) is 0 Å². The van der Waals surface area contributed by atoms with Gasteiger partial charge in [0.2, 0.25) is 0 Å². The molecule has 2 aromatic rings. The molecule has 1 N–H and O–H groups in total. The summed E-state index contributed by atoms with van der Waals surface area (Å²) in [4.78, 5) is 12.1. The molecule has 0 bridgehead atoms. The lowest BCUT2D eigenvalue weighted by Gasteiger charge is -2.09. The van der Waals surface area contributed by atoms with Crippen LogP contribution in [0, 0.1) is 6.92 Å². The van der Waals surface area contributed by atoms with Crippen LogP contribution >= 0.6 is 11.6 Å². The molecule has 0 atom stereocenters. The van der Waals surface area contributed by atoms with Gasteiger partial charge in [-0.25, -0.2) is 0 Å². The maximum atomic E-state index is 12.1. The summed E-state index contributed by atoms with van der Waals surface area (Å²) in [6, 6.07) is 10.6. The number of aryl methyl sites for hydroxylation is 1. The minimum atomic E-state index is -2.89. The van der Waals surface area contributed by atoms with Gasteiger partial charge in [-0.1, -0.05) is 17.7 Å². The molecule has 0 aromatic heterocycles. The topological polar surface area (TPSA) is 38.3 Å². The zero-order valence-corrected chi connectivity index (χ0v) is 11.8. The number of hydrogen-bond acceptors (Lipinski definition) is 2. The fourth-order valence-corrected chi connectivity index (χ4v) is 1.88. The summed E-state index contributed by atoms with van der Waals surface area (Å²) >= 11 is 5.88. The van der Waals surface area contributed by atoms with E-state index in [1.54, 1.807) is 18.2 Å². The van der Waals surface area contributed by atoms with E-state index in [0.717, 1.165) is 5.56 Å². The number of carbonyl (C=O) groups excluding carboxylic acids is 1. The molecule has 21 heavy (non-hydrogen) atoms. The zero-order chi connectivity index (χ0) is 15.4. The number of halogens is 3. The highest BCUT2D eigenvalue weighted by atomic mass is 35.5. The van der Waals surface area contributed by atoms with Gasteiger partial charge in [0.05, 0.1) is 0 Å². The SMILES string of the molecule is Cc1ccc(Cl)cc1NC(=O)c1ccc(OC(F)F)cc1. The maximum Gasteiger partial charge on any atom is 0.387 e. The molecule has 0 saturated heterocycles. The summed E-state index contributed by atoms with van der Waals surface area (Å²) < 4.78 is 28.3. The number of hydrogen-bond donors (Lipinski definition) is 1. The average Bonchev–Trinajstić information content (AvgIpc) is 2.43. The van der Waals surface area contributed by atoms with Gasteiger partial charge in [0.15, 0.2) is 0 Å². The number of benzene rings is 2. The zero-order valence-electron chi connectivity index (χ0n) is 11.1. The van der Waals surface area contributed by atoms with Gasteiger partial charge in [-0.05, 0) is 48.9 Å². The summed E-state index contributed by atoms with van der Waals surface area (Å²) in [6.45, 7) is -1.05. The summed E-state index contributed by atoms with van der Waals surface area (Å²) in [6.07, 6.45) is 0. The molecule has 0 unspecified atom stereocenters. The highest BCUT2D eigenvalue weighted by Crippen LogP contribution is 2.21. The first-order valence-corrected chi connectivity index (χ1v) is 6.46. The van der Waals surface area contributed by atoms with Crippen LogP contribution in [0.1, 0.15) is 15.9 Å². The molecule has 1 amide bonds. The highest BCUT2D eigenvalue weighted by molar-refractivity contribution is 6.31. The Labute approximate surface area is 125 Å². The van der Waals surface area contributed by atoms with Crippen LogP contribution in [-0.2, 0) is 0 Å². The van der Waals surface area contributed by atoms with E-state index in [1.807, 2.05) is 6.92 Å². The van der Waals surface area contributed by atoms with Crippen LogP contribution in [0.5, 0.6) is 5.75 Å². The summed E-state index contributed by atoms with van der Waals surface area (Å²) in [7, 11) is 0. The molecule has 0 spiro atoms. The number of anilines is 1. The monoisotopic (exact) mass is 311 g/mol. The van der Waals surface area contributed by atoms with Crippen molar-refractivity contribution >= 4 is 23.2 Å². The van der Waals surface area contributed by atoms with E-state index in [4.69, 9.17) is 11.6 Å². The first-order chi connectivity index (χ1) is 9.95. The van der Waals surface area contributed by atoms with Crippen molar-refractivity contribution in [2.45, 2.75) is 13.5 Å². The molecule has 0 aliphatic carbocycles. The Bertz CT molecular complexity index is 645. The van der Waals surface area contributed by atoms with Crippen molar-refractivity contribution in [3.05, 3.63) is 58.6 Å². The summed E-state index contributed by atoms with van der Waals surface area (Å²) in [5, 5.41) is 3.23. The van der Waals surface area contributed by atoms with Crippen LogP contribution in [0.4, 0.5) is 14.5 Å². The predicted octanol–water partition coefficient (Wildman–Crippen LogP) is 4.50. The fourth-order valence-electron chi connectivity index (χ4n) is 1.71. The van der Waals surface area contributed by atoms with E-state index in [-0.39, 0.29) is 11.7 Å². The molecule has 0 heterocycles. The molecular formula is C15H12ClF2NO2. The van der Waals surface area contributed by atoms with Gasteiger partial charge in [0.1, 0.15) is 5.75 Å². The third kappa shape index (κ3) is 4.16. The second-order valence-electron chi connectivity index (χ2n) is 4.32. The van der Waals surface area contributed by atoms with Crippen LogP contribution in [0.2, 0.25) is 5.02 Å². The van der Waals surface area contributed by atoms with Crippen LogP contribution in [0.15, 0.2) is 42.5 Å². The van der Waals surface area contributed by atoms with Gasteiger partial charge >= 0.3 is 6.61 Å². The van der Waals surface area contributed by atoms with Crippen LogP contribution in [-0.4, -0.2) is 12.5 Å². The van der Waals surface area contributed by atoms with Gasteiger partial charge in [-0.3, -0.25) is 4.79 Å². The van der Waals surface area contributed by atoms with Gasteiger partial charge in [-0.2, -0.15) is 8.78 Å². The van der Waals surface area contributed by atoms with Gasteiger partial charge in [-0.15, -0.1) is 0 Å². The van der Waals surface area contributed by atoms with Gasteiger partial charge in [0.25, 0.3) is 5.91 Å². The van der Waals surface area contributed by atoms with Crippen molar-refractivity contribution in [3.8, 4) is 5.75 Å². The Morgan fingerprint density at radius 2 is 1.86 bits per heavy atom. The Morgan fingerprint density at radius 1 is 1.19 bits per heavy atom. The van der Waals surface area contributed by atoms with Gasteiger partial charge < -0.3 is 10.1 Å². The molecule has 110 valence electrons. The second kappa shape index (κ2) is 6.54. The predicted molar refractivity (Wildman–Crippen MR) is 77.2 cm³/mol. The van der Waals surface area contributed by atoms with Crippen molar-refractivity contribution in [3.63, 3.8) is 0 Å². The lowest BCUT2D eigenvalue weighted by Crippen LogP contribution is -2.12. The minimum absolute atomic E-state index is 0.000450. The molecule has 0 radical (unpaired) electrons. The molecule has 6 heteroatoms. The normalized spacial score (nSPS) is 10.5. The van der Waals surface area contributed by atoms with Crippen molar-refractivity contribution < 1.29 is 18.3 Å². The van der Waals surface area contributed by atoms with Crippen LogP contribution < -0.4 is 10.1 Å². The van der Waals surface area contributed by atoms with Crippen molar-refractivity contribution in [1.82, 2.24) is 0 Å². The number of alkyl halides is 2. The average molecular weight is 312 g/mol. The van der Waals surface area contributed by atoms with E-state index < -0.39 is 6.61 Å². The van der Waals surface area contributed by atoms with E-state index in [0.29, 0.717) is 16.3 Å². The number of nitrogens with one attached hydrogen (secondary N) is 1. The number of amides is 1. The minimum Gasteiger partial charge on any atom is -0.435 e. The summed E-state index contributed by atoms with van der Waals surface area (Å²) in [5.41, 5.74) is 1.79. The third-order valence-corrected chi connectivity index (χ3v) is 3.02. The molecule has 0 aliphatic heterocycles. The molecular weight excluding hydrogens is 300 g/mol. The Kier molecular flexibility index (Phi) is 4.75. The maximum absolute atomic E-state index is 12.1. The molecule has 2 aromatic carbocycles. The number of rotatable bonds is 4. The highest BCUT2D eigenvalue weighted by Gasteiger charge is 2.09. The van der Waals surface area contributed by atoms with E-state index in [9.17, 15) is 13.6 Å². The van der Waals surface area contributed by atoms with E-state index >= 15 is 0 Å².